The Bertz CT molecular complexity index is 1530. The van der Waals surface area contributed by atoms with Crippen LogP contribution in [0.3, 0.4) is 0 Å². The fraction of sp³-hybridized carbons (Fsp3) is 0.281. The molecule has 0 radical (unpaired) electrons. The Morgan fingerprint density at radius 1 is 0.821 bits per heavy atom. The first-order chi connectivity index (χ1) is 18.9. The Hall–Kier alpha value is -4.39. The van der Waals surface area contributed by atoms with E-state index in [9.17, 15) is 14.7 Å². The topological polar surface area (TPSA) is 86.9 Å². The normalized spacial score (nSPS) is 16.3. The number of carboxylic acid groups (broad SMARTS) is 1. The van der Waals surface area contributed by atoms with E-state index in [1.54, 1.807) is 0 Å². The minimum atomic E-state index is -0.750. The molecule has 1 N–H and O–H groups in total. The van der Waals surface area contributed by atoms with Crippen LogP contribution in [-0.2, 0) is 10.2 Å². The molecule has 7 nitrogen and oxygen atoms in total. The monoisotopic (exact) mass is 521 g/mol. The van der Waals surface area contributed by atoms with Gasteiger partial charge in [-0.15, -0.1) is 0 Å². The lowest BCUT2D eigenvalue weighted by atomic mass is 9.93. The molecule has 7 heteroatoms. The lowest BCUT2D eigenvalue weighted by Crippen LogP contribution is -2.49. The van der Waals surface area contributed by atoms with Gasteiger partial charge < -0.3 is 19.4 Å². The third-order valence-electron chi connectivity index (χ3n) is 8.18. The van der Waals surface area contributed by atoms with Crippen LogP contribution < -0.4 is 4.90 Å². The summed E-state index contributed by atoms with van der Waals surface area (Å²) in [6.07, 6.45) is 1.38. The van der Waals surface area contributed by atoms with Gasteiger partial charge in [0.1, 0.15) is 5.56 Å². The van der Waals surface area contributed by atoms with Gasteiger partial charge in [0.2, 0.25) is 0 Å². The molecule has 1 saturated carbocycles. The molecule has 39 heavy (non-hydrogen) atoms. The molecular weight excluding hydrogens is 490 g/mol. The molecule has 0 atom stereocenters. The average molecular weight is 522 g/mol. The van der Waals surface area contributed by atoms with Crippen LogP contribution in [0.2, 0.25) is 0 Å². The number of amides is 1. The van der Waals surface area contributed by atoms with E-state index in [0.717, 1.165) is 35.3 Å². The lowest BCUT2D eigenvalue weighted by Gasteiger charge is -2.36. The molecule has 2 fully saturated rings. The number of aryl methyl sites for hydroxylation is 2. The zero-order valence-corrected chi connectivity index (χ0v) is 22.2. The van der Waals surface area contributed by atoms with E-state index in [4.69, 9.17) is 4.52 Å². The summed E-state index contributed by atoms with van der Waals surface area (Å²) in [4.78, 5) is 29.5. The van der Waals surface area contributed by atoms with E-state index in [2.05, 4.69) is 35.2 Å². The lowest BCUT2D eigenvalue weighted by molar-refractivity contribution is -0.140. The first-order valence-electron chi connectivity index (χ1n) is 13.4. The van der Waals surface area contributed by atoms with Crippen LogP contribution in [0, 0.1) is 13.8 Å². The number of hydrogen-bond donors (Lipinski definition) is 1. The molecule has 1 aliphatic heterocycles. The molecule has 0 bridgehead atoms. The van der Waals surface area contributed by atoms with Gasteiger partial charge in [0.15, 0.2) is 5.76 Å². The van der Waals surface area contributed by atoms with Gasteiger partial charge in [-0.3, -0.25) is 9.59 Å². The second-order valence-electron chi connectivity index (χ2n) is 10.6. The zero-order chi connectivity index (χ0) is 27.1. The molecule has 1 amide bonds. The van der Waals surface area contributed by atoms with Crippen LogP contribution in [-0.4, -0.2) is 53.2 Å². The Morgan fingerprint density at radius 3 is 2.00 bits per heavy atom. The molecule has 1 saturated heterocycles. The van der Waals surface area contributed by atoms with Crippen LogP contribution in [0.25, 0.3) is 22.5 Å². The number of carboxylic acids is 1. The third-order valence-corrected chi connectivity index (χ3v) is 8.18. The molecule has 0 unspecified atom stereocenters. The van der Waals surface area contributed by atoms with Crippen LogP contribution in [0.15, 0.2) is 77.3 Å². The highest BCUT2D eigenvalue weighted by Crippen LogP contribution is 2.48. The second kappa shape index (κ2) is 9.73. The highest BCUT2D eigenvalue weighted by Gasteiger charge is 2.51. The second-order valence-corrected chi connectivity index (χ2v) is 10.6. The number of carbonyl (C=O) groups is 2. The number of aromatic nitrogens is 1. The van der Waals surface area contributed by atoms with E-state index >= 15 is 0 Å². The maximum Gasteiger partial charge on any atom is 0.314 e. The Morgan fingerprint density at radius 2 is 1.41 bits per heavy atom. The third kappa shape index (κ3) is 4.48. The number of carbonyl (C=O) groups excluding carboxylic acids is 1. The summed E-state index contributed by atoms with van der Waals surface area (Å²) in [5.74, 6) is -0.321. The molecule has 0 spiro atoms. The number of anilines is 1. The summed E-state index contributed by atoms with van der Waals surface area (Å²) in [5.41, 5.74) is 6.50. The minimum Gasteiger partial charge on any atom is -0.481 e. The average Bonchev–Trinajstić information content (AvgIpc) is 3.70. The number of benzene rings is 3. The summed E-state index contributed by atoms with van der Waals surface area (Å²) in [6.45, 7) is 6.74. The summed E-state index contributed by atoms with van der Waals surface area (Å²) >= 11 is 0. The van der Waals surface area contributed by atoms with Crippen molar-refractivity contribution in [2.75, 3.05) is 31.1 Å². The Balaban J connectivity index is 1.18. The number of nitrogens with zero attached hydrogens (tertiary/aromatic N) is 3. The maximum absolute atomic E-state index is 13.6. The summed E-state index contributed by atoms with van der Waals surface area (Å²) in [6, 6.07) is 24.0. The standard InChI is InChI=1S/C32H31N3O4/c1-21-5-3-4-6-27(21)34-17-19-35(20-18-34)30(36)28-22(2)33-39-29(28)25-9-7-23(8-10-25)24-11-13-26(14-12-24)32(15-16-32)31(37)38/h3-14H,15-20H2,1-2H3,(H,37,38). The minimum absolute atomic E-state index is 0.0553. The van der Waals surface area contributed by atoms with Crippen LogP contribution in [0.5, 0.6) is 0 Å². The van der Waals surface area contributed by atoms with Crippen molar-refractivity contribution in [3.63, 3.8) is 0 Å². The van der Waals surface area contributed by atoms with Gasteiger partial charge in [0.05, 0.1) is 11.1 Å². The van der Waals surface area contributed by atoms with Gasteiger partial charge in [0, 0.05) is 37.4 Å². The SMILES string of the molecule is Cc1ccccc1N1CCN(C(=O)c2c(C)noc2-c2ccc(-c3ccc(C4(C(=O)O)CC4)cc3)cc2)CC1. The molecule has 1 aromatic heterocycles. The number of aliphatic carboxylic acids is 1. The highest BCUT2D eigenvalue weighted by molar-refractivity contribution is 6.00. The zero-order valence-electron chi connectivity index (χ0n) is 22.2. The van der Waals surface area contributed by atoms with E-state index in [1.807, 2.05) is 66.4 Å². The molecule has 1 aliphatic carbocycles. The maximum atomic E-state index is 13.6. The van der Waals surface area contributed by atoms with Crippen LogP contribution >= 0.6 is 0 Å². The largest absolute Gasteiger partial charge is 0.481 e. The predicted octanol–water partition coefficient (Wildman–Crippen LogP) is 5.70. The quantitative estimate of drug-likeness (QED) is 0.350. The van der Waals surface area contributed by atoms with Crippen molar-refractivity contribution >= 4 is 17.6 Å². The Labute approximate surface area is 227 Å². The van der Waals surface area contributed by atoms with Gasteiger partial charge in [-0.05, 0) is 55.0 Å². The summed E-state index contributed by atoms with van der Waals surface area (Å²) in [5, 5.41) is 13.7. The first kappa shape index (κ1) is 24.9. The van der Waals surface area contributed by atoms with Gasteiger partial charge in [0.25, 0.3) is 5.91 Å². The molecular formula is C32H31N3O4. The van der Waals surface area contributed by atoms with Gasteiger partial charge >= 0.3 is 5.97 Å². The summed E-state index contributed by atoms with van der Waals surface area (Å²) < 4.78 is 5.66. The number of rotatable bonds is 6. The number of para-hydroxylation sites is 1. The first-order valence-corrected chi connectivity index (χ1v) is 13.4. The van der Waals surface area contributed by atoms with E-state index in [0.29, 0.717) is 42.9 Å². The van der Waals surface area contributed by atoms with E-state index in [1.165, 1.54) is 11.3 Å². The molecule has 2 heterocycles. The van der Waals surface area contributed by atoms with Crippen molar-refractivity contribution in [2.45, 2.75) is 32.1 Å². The number of piperazine rings is 1. The fourth-order valence-electron chi connectivity index (χ4n) is 5.59. The van der Waals surface area contributed by atoms with Gasteiger partial charge in [-0.1, -0.05) is 71.9 Å². The van der Waals surface area contributed by atoms with Crippen LogP contribution in [0.1, 0.15) is 40.0 Å². The van der Waals surface area contributed by atoms with Crippen molar-refractivity contribution in [1.29, 1.82) is 0 Å². The predicted molar refractivity (Wildman–Crippen MR) is 150 cm³/mol. The van der Waals surface area contributed by atoms with Gasteiger partial charge in [-0.2, -0.15) is 0 Å². The summed E-state index contributed by atoms with van der Waals surface area (Å²) in [7, 11) is 0. The molecule has 198 valence electrons. The molecule has 4 aromatic rings. The van der Waals surface area contributed by atoms with Crippen molar-refractivity contribution in [2.24, 2.45) is 0 Å². The van der Waals surface area contributed by atoms with E-state index < -0.39 is 11.4 Å². The smallest absolute Gasteiger partial charge is 0.314 e. The Kier molecular flexibility index (Phi) is 6.22. The number of hydrogen-bond acceptors (Lipinski definition) is 5. The fourth-order valence-corrected chi connectivity index (χ4v) is 5.59. The molecule has 3 aromatic carbocycles. The van der Waals surface area contributed by atoms with Crippen LogP contribution in [0.4, 0.5) is 5.69 Å². The van der Waals surface area contributed by atoms with E-state index in [-0.39, 0.29) is 5.91 Å². The molecule has 6 rings (SSSR count). The highest BCUT2D eigenvalue weighted by atomic mass is 16.5. The van der Waals surface area contributed by atoms with Crippen molar-refractivity contribution in [1.82, 2.24) is 10.1 Å². The van der Waals surface area contributed by atoms with Crippen molar-refractivity contribution in [3.05, 3.63) is 95.2 Å². The van der Waals surface area contributed by atoms with Gasteiger partial charge in [-0.25, -0.2) is 0 Å². The molecule has 2 aliphatic rings. The van der Waals surface area contributed by atoms with Crippen molar-refractivity contribution in [3.8, 4) is 22.5 Å². The van der Waals surface area contributed by atoms with Crippen molar-refractivity contribution < 1.29 is 19.2 Å².